The molecule has 0 saturated carbocycles. The van der Waals surface area contributed by atoms with Crippen LogP contribution in [0.5, 0.6) is 0 Å². The number of hydrogen-bond acceptors (Lipinski definition) is 4. The molecule has 2 saturated heterocycles. The van der Waals surface area contributed by atoms with Gasteiger partial charge in [0.2, 0.25) is 0 Å². The molecule has 1 atom stereocenters. The molecule has 1 amide bonds. The van der Waals surface area contributed by atoms with Crippen LogP contribution < -0.4 is 0 Å². The van der Waals surface area contributed by atoms with Gasteiger partial charge in [0.05, 0.1) is 17.9 Å². The van der Waals surface area contributed by atoms with E-state index in [1.807, 2.05) is 4.90 Å². The minimum Gasteiger partial charge on any atom is -0.377 e. The van der Waals surface area contributed by atoms with Gasteiger partial charge >= 0.3 is 0 Å². The number of amides is 1. The molecule has 2 fully saturated rings. The SMILES string of the molecule is O=C(c1cn[nH]c1)N1CCCN(CC2CCCO2)CC1. The number of aromatic nitrogens is 2. The van der Waals surface area contributed by atoms with Gasteiger partial charge in [-0.1, -0.05) is 0 Å². The Labute approximate surface area is 119 Å². The number of rotatable bonds is 3. The van der Waals surface area contributed by atoms with E-state index >= 15 is 0 Å². The lowest BCUT2D eigenvalue weighted by atomic mass is 10.2. The first-order valence-corrected chi connectivity index (χ1v) is 7.45. The topological polar surface area (TPSA) is 61.5 Å². The largest absolute Gasteiger partial charge is 0.377 e. The monoisotopic (exact) mass is 278 g/mol. The number of hydrogen-bond donors (Lipinski definition) is 1. The van der Waals surface area contributed by atoms with Gasteiger partial charge in [-0.3, -0.25) is 14.8 Å². The summed E-state index contributed by atoms with van der Waals surface area (Å²) in [6, 6.07) is 0. The Bertz CT molecular complexity index is 428. The zero-order valence-electron chi connectivity index (χ0n) is 11.8. The highest BCUT2D eigenvalue weighted by Crippen LogP contribution is 2.15. The standard InChI is InChI=1S/C14H22N4O2/c19-14(12-9-15-16-10-12)18-5-2-4-17(6-7-18)11-13-3-1-8-20-13/h9-10,13H,1-8,11H2,(H,15,16). The average molecular weight is 278 g/mol. The highest BCUT2D eigenvalue weighted by Gasteiger charge is 2.24. The van der Waals surface area contributed by atoms with Crippen LogP contribution in [-0.2, 0) is 4.74 Å². The van der Waals surface area contributed by atoms with E-state index in [1.54, 1.807) is 12.4 Å². The van der Waals surface area contributed by atoms with Crippen molar-refractivity contribution in [3.8, 4) is 0 Å². The average Bonchev–Trinajstić information content (AvgIpc) is 3.10. The molecule has 20 heavy (non-hydrogen) atoms. The molecule has 3 rings (SSSR count). The highest BCUT2D eigenvalue weighted by atomic mass is 16.5. The number of H-pyrrole nitrogens is 1. The van der Waals surface area contributed by atoms with Crippen molar-refractivity contribution in [1.29, 1.82) is 0 Å². The second-order valence-corrected chi connectivity index (χ2v) is 5.57. The first-order valence-electron chi connectivity index (χ1n) is 7.45. The summed E-state index contributed by atoms with van der Waals surface area (Å²) in [5.74, 6) is 0.0812. The number of aromatic amines is 1. The van der Waals surface area contributed by atoms with Gasteiger partial charge in [-0.15, -0.1) is 0 Å². The van der Waals surface area contributed by atoms with Crippen molar-refractivity contribution in [3.63, 3.8) is 0 Å². The predicted molar refractivity (Wildman–Crippen MR) is 74.5 cm³/mol. The van der Waals surface area contributed by atoms with Crippen molar-refractivity contribution in [2.24, 2.45) is 0 Å². The van der Waals surface area contributed by atoms with Crippen LogP contribution in [-0.4, -0.2) is 71.3 Å². The van der Waals surface area contributed by atoms with Crippen molar-refractivity contribution in [3.05, 3.63) is 18.0 Å². The third-order valence-corrected chi connectivity index (χ3v) is 4.11. The van der Waals surface area contributed by atoms with E-state index in [4.69, 9.17) is 4.74 Å². The quantitative estimate of drug-likeness (QED) is 0.886. The molecule has 1 aromatic rings. The van der Waals surface area contributed by atoms with Crippen LogP contribution in [0.3, 0.4) is 0 Å². The summed E-state index contributed by atoms with van der Waals surface area (Å²) in [6.45, 7) is 5.51. The lowest BCUT2D eigenvalue weighted by Gasteiger charge is -2.23. The highest BCUT2D eigenvalue weighted by molar-refractivity contribution is 5.93. The molecule has 2 aliphatic rings. The lowest BCUT2D eigenvalue weighted by Crippen LogP contribution is -2.37. The fourth-order valence-corrected chi connectivity index (χ4v) is 2.98. The van der Waals surface area contributed by atoms with Crippen LogP contribution in [0.4, 0.5) is 0 Å². The van der Waals surface area contributed by atoms with Crippen molar-refractivity contribution in [1.82, 2.24) is 20.0 Å². The lowest BCUT2D eigenvalue weighted by molar-refractivity contribution is 0.0704. The molecule has 1 unspecified atom stereocenters. The van der Waals surface area contributed by atoms with Crippen molar-refractivity contribution >= 4 is 5.91 Å². The molecule has 1 aromatic heterocycles. The summed E-state index contributed by atoms with van der Waals surface area (Å²) in [6.07, 6.45) is 7.04. The molecule has 0 spiro atoms. The minimum atomic E-state index is 0.0812. The molecule has 110 valence electrons. The Morgan fingerprint density at radius 1 is 1.35 bits per heavy atom. The van der Waals surface area contributed by atoms with Gasteiger partial charge < -0.3 is 9.64 Å². The van der Waals surface area contributed by atoms with E-state index in [2.05, 4.69) is 15.1 Å². The summed E-state index contributed by atoms with van der Waals surface area (Å²) in [5.41, 5.74) is 0.651. The van der Waals surface area contributed by atoms with Gasteiger partial charge in [0.1, 0.15) is 0 Å². The van der Waals surface area contributed by atoms with Crippen LogP contribution in [0.25, 0.3) is 0 Å². The van der Waals surface area contributed by atoms with Crippen molar-refractivity contribution < 1.29 is 9.53 Å². The fourth-order valence-electron chi connectivity index (χ4n) is 2.98. The maximum atomic E-state index is 12.3. The normalized spacial score (nSPS) is 24.8. The number of nitrogens with zero attached hydrogens (tertiary/aromatic N) is 3. The van der Waals surface area contributed by atoms with Gasteiger partial charge in [-0.05, 0) is 25.8 Å². The van der Waals surface area contributed by atoms with Crippen molar-refractivity contribution in [2.45, 2.75) is 25.4 Å². The molecule has 0 aromatic carbocycles. The smallest absolute Gasteiger partial charge is 0.257 e. The minimum absolute atomic E-state index is 0.0812. The summed E-state index contributed by atoms with van der Waals surface area (Å²) in [5, 5.41) is 6.54. The second kappa shape index (κ2) is 6.37. The molecule has 6 nitrogen and oxygen atoms in total. The van der Waals surface area contributed by atoms with Crippen LogP contribution in [0.15, 0.2) is 12.4 Å². The Kier molecular flexibility index (Phi) is 4.32. The Balaban J connectivity index is 1.52. The summed E-state index contributed by atoms with van der Waals surface area (Å²) in [4.78, 5) is 16.6. The number of ether oxygens (including phenoxy) is 1. The van der Waals surface area contributed by atoms with E-state index in [1.165, 1.54) is 12.8 Å². The van der Waals surface area contributed by atoms with E-state index in [0.29, 0.717) is 11.7 Å². The van der Waals surface area contributed by atoms with Gasteiger partial charge in [0.15, 0.2) is 0 Å². The van der Waals surface area contributed by atoms with Crippen LogP contribution in [0, 0.1) is 0 Å². The zero-order chi connectivity index (χ0) is 13.8. The van der Waals surface area contributed by atoms with E-state index in [9.17, 15) is 4.79 Å². The van der Waals surface area contributed by atoms with E-state index < -0.39 is 0 Å². The fraction of sp³-hybridized carbons (Fsp3) is 0.714. The Hall–Kier alpha value is -1.40. The third kappa shape index (κ3) is 3.19. The van der Waals surface area contributed by atoms with Gasteiger partial charge in [-0.2, -0.15) is 5.10 Å². The molecular weight excluding hydrogens is 256 g/mol. The first kappa shape index (κ1) is 13.6. The Morgan fingerprint density at radius 2 is 2.30 bits per heavy atom. The summed E-state index contributed by atoms with van der Waals surface area (Å²) < 4.78 is 5.70. The van der Waals surface area contributed by atoms with Gasteiger partial charge in [-0.25, -0.2) is 0 Å². The summed E-state index contributed by atoms with van der Waals surface area (Å²) in [7, 11) is 0. The maximum absolute atomic E-state index is 12.3. The summed E-state index contributed by atoms with van der Waals surface area (Å²) >= 11 is 0. The molecule has 0 aliphatic carbocycles. The molecule has 1 N–H and O–H groups in total. The van der Waals surface area contributed by atoms with Crippen molar-refractivity contribution in [2.75, 3.05) is 39.3 Å². The van der Waals surface area contributed by atoms with E-state index in [-0.39, 0.29) is 5.91 Å². The number of carbonyl (C=O) groups is 1. The molecule has 3 heterocycles. The van der Waals surface area contributed by atoms with E-state index in [0.717, 1.165) is 45.8 Å². The molecule has 6 heteroatoms. The number of carbonyl (C=O) groups excluding carboxylic acids is 1. The van der Waals surface area contributed by atoms with Crippen LogP contribution in [0.2, 0.25) is 0 Å². The van der Waals surface area contributed by atoms with Gasteiger partial charge in [0.25, 0.3) is 5.91 Å². The number of nitrogens with one attached hydrogen (secondary N) is 1. The van der Waals surface area contributed by atoms with Crippen LogP contribution in [0.1, 0.15) is 29.6 Å². The third-order valence-electron chi connectivity index (χ3n) is 4.11. The van der Waals surface area contributed by atoms with Gasteiger partial charge in [0, 0.05) is 39.0 Å². The maximum Gasteiger partial charge on any atom is 0.257 e. The molecule has 0 radical (unpaired) electrons. The first-order chi connectivity index (χ1) is 9.83. The molecule has 2 aliphatic heterocycles. The predicted octanol–water partition coefficient (Wildman–Crippen LogP) is 0.737. The Morgan fingerprint density at radius 3 is 3.05 bits per heavy atom. The second-order valence-electron chi connectivity index (χ2n) is 5.57. The molecular formula is C14H22N4O2. The zero-order valence-corrected chi connectivity index (χ0v) is 11.8. The van der Waals surface area contributed by atoms with Crippen LogP contribution >= 0.6 is 0 Å². The molecule has 0 bridgehead atoms.